The molecule has 0 aromatic heterocycles. The number of hydrogen-bond donors (Lipinski definition) is 2. The Hall–Kier alpha value is -0.120. The Bertz CT molecular complexity index is 261. The predicted octanol–water partition coefficient (Wildman–Crippen LogP) is 2.05. The van der Waals surface area contributed by atoms with Gasteiger partial charge in [0.2, 0.25) is 0 Å². The van der Waals surface area contributed by atoms with Crippen LogP contribution in [0.1, 0.15) is 52.9 Å². The third-order valence-electron chi connectivity index (χ3n) is 4.91. The Morgan fingerprint density at radius 3 is 2.53 bits per heavy atom. The van der Waals surface area contributed by atoms with Crippen molar-refractivity contribution in [2.75, 3.05) is 13.2 Å². The molecule has 0 heterocycles. The van der Waals surface area contributed by atoms with E-state index in [1.54, 1.807) is 0 Å². The summed E-state index contributed by atoms with van der Waals surface area (Å²) < 4.78 is 5.74. The molecule has 0 bridgehead atoms. The van der Waals surface area contributed by atoms with Crippen molar-refractivity contribution in [3.63, 3.8) is 0 Å². The van der Waals surface area contributed by atoms with Gasteiger partial charge in [-0.3, -0.25) is 0 Å². The highest BCUT2D eigenvalue weighted by Gasteiger charge is 2.48. The van der Waals surface area contributed by atoms with E-state index in [4.69, 9.17) is 10.5 Å². The molecule has 0 spiro atoms. The highest BCUT2D eigenvalue weighted by Crippen LogP contribution is 2.42. The molecular formula is C14H28N2O. The molecule has 3 nitrogen and oxygen atoms in total. The fourth-order valence-corrected chi connectivity index (χ4v) is 3.09. The van der Waals surface area contributed by atoms with Crippen molar-refractivity contribution < 1.29 is 4.74 Å². The highest BCUT2D eigenvalue weighted by atomic mass is 16.5. The second-order valence-corrected chi connectivity index (χ2v) is 6.47. The van der Waals surface area contributed by atoms with Gasteiger partial charge >= 0.3 is 0 Å². The van der Waals surface area contributed by atoms with Crippen molar-refractivity contribution in [3.8, 4) is 0 Å². The number of nitrogens with one attached hydrogen (secondary N) is 1. The van der Waals surface area contributed by atoms with Gasteiger partial charge in [-0.05, 0) is 45.6 Å². The van der Waals surface area contributed by atoms with Gasteiger partial charge in [0, 0.05) is 23.6 Å². The lowest BCUT2D eigenvalue weighted by Crippen LogP contribution is -2.61. The molecule has 2 atom stereocenters. The minimum atomic E-state index is 0.153. The smallest absolute Gasteiger partial charge is 0.0655 e. The van der Waals surface area contributed by atoms with Crippen LogP contribution in [0, 0.1) is 5.41 Å². The summed E-state index contributed by atoms with van der Waals surface area (Å²) >= 11 is 0. The lowest BCUT2D eigenvalue weighted by molar-refractivity contribution is -0.114. The summed E-state index contributed by atoms with van der Waals surface area (Å²) in [5.74, 6) is 0. The van der Waals surface area contributed by atoms with Crippen molar-refractivity contribution in [2.24, 2.45) is 11.1 Å². The fourth-order valence-electron chi connectivity index (χ4n) is 3.09. The van der Waals surface area contributed by atoms with Crippen LogP contribution in [0.15, 0.2) is 0 Å². The molecule has 0 aromatic carbocycles. The van der Waals surface area contributed by atoms with Gasteiger partial charge < -0.3 is 15.8 Å². The van der Waals surface area contributed by atoms with Crippen molar-refractivity contribution in [2.45, 2.75) is 70.6 Å². The van der Waals surface area contributed by atoms with E-state index in [2.05, 4.69) is 26.1 Å². The molecule has 3 heteroatoms. The minimum Gasteiger partial charge on any atom is -0.378 e. The molecule has 3 N–H and O–H groups in total. The number of ether oxygens (including phenoxy) is 1. The highest BCUT2D eigenvalue weighted by molar-refractivity contribution is 5.03. The van der Waals surface area contributed by atoms with E-state index in [9.17, 15) is 0 Å². The Kier molecular flexibility index (Phi) is 3.81. The third-order valence-corrected chi connectivity index (χ3v) is 4.91. The van der Waals surface area contributed by atoms with E-state index in [0.29, 0.717) is 12.1 Å². The topological polar surface area (TPSA) is 47.3 Å². The fraction of sp³-hybridized carbons (Fsp3) is 1.00. The third kappa shape index (κ3) is 2.67. The van der Waals surface area contributed by atoms with E-state index >= 15 is 0 Å². The van der Waals surface area contributed by atoms with E-state index < -0.39 is 0 Å². The summed E-state index contributed by atoms with van der Waals surface area (Å²) in [6.45, 7) is 8.56. The monoisotopic (exact) mass is 240 g/mol. The summed E-state index contributed by atoms with van der Waals surface area (Å²) in [7, 11) is 0. The van der Waals surface area contributed by atoms with Crippen molar-refractivity contribution in [1.29, 1.82) is 0 Å². The van der Waals surface area contributed by atoms with Gasteiger partial charge in [-0.15, -0.1) is 0 Å². The molecule has 17 heavy (non-hydrogen) atoms. The molecule has 2 rings (SSSR count). The lowest BCUT2D eigenvalue weighted by atomic mass is 9.64. The standard InChI is InChI=1S/C14H28N2O/c1-4-17-12-10-11(13(12,2)3)16-9-8-14(15)6-5-7-14/h11-12,16H,4-10,15H2,1-3H3. The first-order chi connectivity index (χ1) is 7.98. The number of hydrogen-bond acceptors (Lipinski definition) is 3. The molecular weight excluding hydrogens is 212 g/mol. The average molecular weight is 240 g/mol. The molecule has 2 fully saturated rings. The molecule has 100 valence electrons. The first-order valence-corrected chi connectivity index (χ1v) is 7.12. The SMILES string of the molecule is CCOC1CC(NCCC2(N)CCC2)C1(C)C. The molecule has 2 saturated carbocycles. The van der Waals surface area contributed by atoms with E-state index in [0.717, 1.165) is 26.0 Å². The van der Waals surface area contributed by atoms with Gasteiger partial charge in [-0.25, -0.2) is 0 Å². The van der Waals surface area contributed by atoms with Crippen LogP contribution < -0.4 is 11.1 Å². The van der Waals surface area contributed by atoms with Gasteiger partial charge in [-0.2, -0.15) is 0 Å². The number of nitrogens with two attached hydrogens (primary N) is 1. The van der Waals surface area contributed by atoms with Crippen molar-refractivity contribution >= 4 is 0 Å². The normalized spacial score (nSPS) is 33.9. The molecule has 2 aliphatic rings. The van der Waals surface area contributed by atoms with Crippen LogP contribution in [0.4, 0.5) is 0 Å². The predicted molar refractivity (Wildman–Crippen MR) is 71.0 cm³/mol. The van der Waals surface area contributed by atoms with E-state index in [-0.39, 0.29) is 11.0 Å². The molecule has 0 saturated heterocycles. The van der Waals surface area contributed by atoms with Gasteiger partial charge in [0.05, 0.1) is 6.10 Å². The second kappa shape index (κ2) is 4.87. The Balaban J connectivity index is 1.67. The van der Waals surface area contributed by atoms with Crippen LogP contribution in [0.2, 0.25) is 0 Å². The van der Waals surface area contributed by atoms with Gasteiger partial charge in [0.15, 0.2) is 0 Å². The maximum atomic E-state index is 6.23. The summed E-state index contributed by atoms with van der Waals surface area (Å²) in [5, 5.41) is 3.66. The molecule has 0 aliphatic heterocycles. The van der Waals surface area contributed by atoms with Crippen molar-refractivity contribution in [3.05, 3.63) is 0 Å². The Labute approximate surface area is 105 Å². The first-order valence-electron chi connectivity index (χ1n) is 7.12. The molecule has 2 unspecified atom stereocenters. The van der Waals surface area contributed by atoms with Crippen molar-refractivity contribution in [1.82, 2.24) is 5.32 Å². The number of rotatable bonds is 6. The first kappa shape index (κ1) is 13.3. The maximum absolute atomic E-state index is 6.23. The maximum Gasteiger partial charge on any atom is 0.0655 e. The van der Waals surface area contributed by atoms with E-state index in [1.165, 1.54) is 19.3 Å². The van der Waals surface area contributed by atoms with Crippen LogP contribution in [-0.2, 0) is 4.74 Å². The summed E-state index contributed by atoms with van der Waals surface area (Å²) in [6, 6.07) is 0.600. The summed E-state index contributed by atoms with van der Waals surface area (Å²) in [5.41, 5.74) is 6.65. The minimum absolute atomic E-state index is 0.153. The second-order valence-electron chi connectivity index (χ2n) is 6.47. The summed E-state index contributed by atoms with van der Waals surface area (Å²) in [6.07, 6.45) is 6.45. The van der Waals surface area contributed by atoms with Crippen LogP contribution >= 0.6 is 0 Å². The van der Waals surface area contributed by atoms with Gasteiger partial charge in [0.25, 0.3) is 0 Å². The van der Waals surface area contributed by atoms with Crippen LogP contribution in [-0.4, -0.2) is 30.8 Å². The average Bonchev–Trinajstić information content (AvgIpc) is 2.24. The summed E-state index contributed by atoms with van der Waals surface area (Å²) in [4.78, 5) is 0. The zero-order valence-electron chi connectivity index (χ0n) is 11.6. The quantitative estimate of drug-likeness (QED) is 0.747. The molecule has 2 aliphatic carbocycles. The van der Waals surface area contributed by atoms with Crippen LogP contribution in [0.25, 0.3) is 0 Å². The lowest BCUT2D eigenvalue weighted by Gasteiger charge is -2.52. The zero-order chi connectivity index (χ0) is 12.5. The Morgan fingerprint density at radius 1 is 1.35 bits per heavy atom. The molecule has 0 aromatic rings. The zero-order valence-corrected chi connectivity index (χ0v) is 11.6. The van der Waals surface area contributed by atoms with Gasteiger partial charge in [0.1, 0.15) is 0 Å². The van der Waals surface area contributed by atoms with Crippen LogP contribution in [0.3, 0.4) is 0 Å². The van der Waals surface area contributed by atoms with Crippen LogP contribution in [0.5, 0.6) is 0 Å². The molecule has 0 amide bonds. The van der Waals surface area contributed by atoms with Gasteiger partial charge in [-0.1, -0.05) is 13.8 Å². The Morgan fingerprint density at radius 2 is 2.06 bits per heavy atom. The largest absolute Gasteiger partial charge is 0.378 e. The van der Waals surface area contributed by atoms with E-state index in [1.807, 2.05) is 0 Å². The molecule has 0 radical (unpaired) electrons.